The van der Waals surface area contributed by atoms with Gasteiger partial charge in [0, 0.05) is 12.1 Å². The van der Waals surface area contributed by atoms with E-state index < -0.39 is 0 Å². The zero-order valence-electron chi connectivity index (χ0n) is 11.9. The molecule has 0 fully saturated rings. The lowest BCUT2D eigenvalue weighted by Gasteiger charge is -2.16. The highest BCUT2D eigenvalue weighted by Crippen LogP contribution is 2.16. The summed E-state index contributed by atoms with van der Waals surface area (Å²) in [6.07, 6.45) is 0. The van der Waals surface area contributed by atoms with Crippen LogP contribution in [0.5, 0.6) is 5.75 Å². The van der Waals surface area contributed by atoms with Gasteiger partial charge in [-0.05, 0) is 31.2 Å². The number of nitrogens with zero attached hydrogens (tertiary/aromatic N) is 2. The Labute approximate surface area is 127 Å². The number of benzene rings is 1. The van der Waals surface area contributed by atoms with Gasteiger partial charge in [-0.25, -0.2) is 0 Å². The lowest BCUT2D eigenvalue weighted by molar-refractivity contribution is 0.0769. The minimum atomic E-state index is -0.239. The molecule has 1 aromatic heterocycles. The number of hydrogen-bond donors (Lipinski definition) is 2. The number of hydrogen-bond acceptors (Lipinski definition) is 4. The van der Waals surface area contributed by atoms with Crippen molar-refractivity contribution in [3.63, 3.8) is 0 Å². The Morgan fingerprint density at radius 1 is 1.43 bits per heavy atom. The fourth-order valence-electron chi connectivity index (χ4n) is 1.71. The molecule has 0 aliphatic heterocycles. The van der Waals surface area contributed by atoms with Crippen molar-refractivity contribution < 1.29 is 9.53 Å². The van der Waals surface area contributed by atoms with Crippen molar-refractivity contribution in [3.8, 4) is 5.75 Å². The monoisotopic (exact) mass is 308 g/mol. The van der Waals surface area contributed by atoms with Gasteiger partial charge >= 0.3 is 0 Å². The number of rotatable bonds is 5. The fourth-order valence-corrected chi connectivity index (χ4v) is 1.84. The number of likely N-dealkylation sites (N-methyl/N-ethyl adjacent to an activating group) is 1. The molecular weight excluding hydrogens is 292 g/mol. The Morgan fingerprint density at radius 2 is 2.10 bits per heavy atom. The third-order valence-corrected chi connectivity index (χ3v) is 3.30. The molecule has 0 unspecified atom stereocenters. The number of amides is 1. The number of ether oxygens (including phenoxy) is 1. The van der Waals surface area contributed by atoms with E-state index in [0.717, 1.165) is 0 Å². The number of nitrogens with two attached hydrogens (primary N) is 1. The van der Waals surface area contributed by atoms with Crippen molar-refractivity contribution in [3.05, 3.63) is 40.7 Å². The minimum absolute atomic E-state index is 0.237. The van der Waals surface area contributed by atoms with Crippen LogP contribution in [0.25, 0.3) is 0 Å². The molecular formula is C14H17ClN4O2. The highest BCUT2D eigenvalue weighted by atomic mass is 35.5. The van der Waals surface area contributed by atoms with Crippen molar-refractivity contribution >= 4 is 23.2 Å². The fraction of sp³-hybridized carbons (Fsp3) is 0.286. The summed E-state index contributed by atoms with van der Waals surface area (Å²) in [5.41, 5.74) is 7.09. The number of carbonyl (C=O) groups excluding carboxylic acids is 1. The summed E-state index contributed by atoms with van der Waals surface area (Å²) in [6.45, 7) is 2.56. The number of aromatic amines is 1. The van der Waals surface area contributed by atoms with Gasteiger partial charge in [-0.2, -0.15) is 5.10 Å². The van der Waals surface area contributed by atoms with Gasteiger partial charge in [0.05, 0.1) is 17.9 Å². The highest BCUT2D eigenvalue weighted by molar-refractivity contribution is 6.30. The Hall–Kier alpha value is -2.21. The Kier molecular flexibility index (Phi) is 4.70. The molecule has 0 spiro atoms. The highest BCUT2D eigenvalue weighted by Gasteiger charge is 2.19. The number of nitrogen functional groups attached to an aromatic ring is 1. The van der Waals surface area contributed by atoms with Crippen LogP contribution in [0.1, 0.15) is 16.2 Å². The molecule has 0 saturated carbocycles. The molecule has 1 aromatic carbocycles. The standard InChI is InChI=1S/C14H17ClN4O2/c1-9-12(16)13(18-17-9)14(20)19(2)7-8-21-11-5-3-10(15)4-6-11/h3-6H,7-8,16H2,1-2H3,(H,17,18). The quantitative estimate of drug-likeness (QED) is 0.886. The van der Waals surface area contributed by atoms with E-state index in [1.54, 1.807) is 38.2 Å². The van der Waals surface area contributed by atoms with Gasteiger partial charge < -0.3 is 15.4 Å². The van der Waals surface area contributed by atoms with E-state index in [4.69, 9.17) is 22.1 Å². The molecule has 0 saturated heterocycles. The van der Waals surface area contributed by atoms with E-state index >= 15 is 0 Å². The average molecular weight is 309 g/mol. The maximum atomic E-state index is 12.2. The third kappa shape index (κ3) is 3.66. The van der Waals surface area contributed by atoms with E-state index in [0.29, 0.717) is 35.3 Å². The second kappa shape index (κ2) is 6.49. The predicted molar refractivity (Wildman–Crippen MR) is 81.6 cm³/mol. The SMILES string of the molecule is Cc1[nH]nc(C(=O)N(C)CCOc2ccc(Cl)cc2)c1N. The first kappa shape index (κ1) is 15.2. The summed E-state index contributed by atoms with van der Waals surface area (Å²) < 4.78 is 5.54. The van der Waals surface area contributed by atoms with E-state index in [1.807, 2.05) is 0 Å². The molecule has 0 atom stereocenters. The van der Waals surface area contributed by atoms with Crippen LogP contribution < -0.4 is 10.5 Å². The number of carbonyl (C=O) groups is 1. The van der Waals surface area contributed by atoms with Gasteiger partial charge in [0.15, 0.2) is 5.69 Å². The maximum Gasteiger partial charge on any atom is 0.276 e. The molecule has 0 aliphatic carbocycles. The topological polar surface area (TPSA) is 84.2 Å². The predicted octanol–water partition coefficient (Wildman–Crippen LogP) is 2.10. The summed E-state index contributed by atoms with van der Waals surface area (Å²) in [5, 5.41) is 7.26. The van der Waals surface area contributed by atoms with Gasteiger partial charge in [-0.1, -0.05) is 11.6 Å². The van der Waals surface area contributed by atoms with Crippen molar-refractivity contribution in [2.24, 2.45) is 0 Å². The van der Waals surface area contributed by atoms with Gasteiger partial charge in [-0.3, -0.25) is 9.89 Å². The molecule has 112 valence electrons. The Morgan fingerprint density at radius 3 is 2.67 bits per heavy atom. The van der Waals surface area contributed by atoms with Crippen LogP contribution >= 0.6 is 11.6 Å². The smallest absolute Gasteiger partial charge is 0.276 e. The summed E-state index contributed by atoms with van der Waals surface area (Å²) in [4.78, 5) is 13.7. The Balaban J connectivity index is 1.87. The molecule has 1 heterocycles. The first-order valence-electron chi connectivity index (χ1n) is 6.43. The summed E-state index contributed by atoms with van der Waals surface area (Å²) in [5.74, 6) is 0.465. The summed E-state index contributed by atoms with van der Waals surface area (Å²) in [7, 11) is 1.68. The number of nitrogens with one attached hydrogen (secondary N) is 1. The van der Waals surface area contributed by atoms with Crippen LogP contribution in [-0.4, -0.2) is 41.2 Å². The first-order valence-corrected chi connectivity index (χ1v) is 6.81. The second-order valence-electron chi connectivity index (χ2n) is 4.64. The van der Waals surface area contributed by atoms with Crippen molar-refractivity contribution in [1.82, 2.24) is 15.1 Å². The Bertz CT molecular complexity index is 624. The van der Waals surface area contributed by atoms with Gasteiger partial charge in [0.2, 0.25) is 0 Å². The molecule has 3 N–H and O–H groups in total. The van der Waals surface area contributed by atoms with Crippen LogP contribution in [0.2, 0.25) is 5.02 Å². The zero-order valence-corrected chi connectivity index (χ0v) is 12.6. The van der Waals surface area contributed by atoms with Crippen LogP contribution in [0.15, 0.2) is 24.3 Å². The molecule has 0 aliphatic rings. The number of aryl methyl sites for hydroxylation is 1. The maximum absolute atomic E-state index is 12.2. The van der Waals surface area contributed by atoms with Crippen molar-refractivity contribution in [1.29, 1.82) is 0 Å². The molecule has 1 amide bonds. The largest absolute Gasteiger partial charge is 0.492 e. The lowest BCUT2D eigenvalue weighted by atomic mass is 10.3. The van der Waals surface area contributed by atoms with E-state index in [1.165, 1.54) is 4.90 Å². The van der Waals surface area contributed by atoms with Gasteiger partial charge in [0.1, 0.15) is 12.4 Å². The second-order valence-corrected chi connectivity index (χ2v) is 5.08. The zero-order chi connectivity index (χ0) is 15.4. The van der Waals surface area contributed by atoms with Crippen LogP contribution in [0, 0.1) is 6.92 Å². The third-order valence-electron chi connectivity index (χ3n) is 3.05. The van der Waals surface area contributed by atoms with Crippen molar-refractivity contribution in [2.75, 3.05) is 25.9 Å². The van der Waals surface area contributed by atoms with Crippen molar-refractivity contribution in [2.45, 2.75) is 6.92 Å². The van der Waals surface area contributed by atoms with Crippen LogP contribution in [0.3, 0.4) is 0 Å². The molecule has 2 rings (SSSR count). The normalized spacial score (nSPS) is 10.4. The molecule has 0 bridgehead atoms. The number of H-pyrrole nitrogens is 1. The number of aromatic nitrogens is 2. The van der Waals surface area contributed by atoms with E-state index in [2.05, 4.69) is 10.2 Å². The molecule has 0 radical (unpaired) electrons. The summed E-state index contributed by atoms with van der Waals surface area (Å²) in [6, 6.07) is 7.05. The average Bonchev–Trinajstić information content (AvgIpc) is 2.80. The molecule has 2 aromatic rings. The van der Waals surface area contributed by atoms with Gasteiger partial charge in [-0.15, -0.1) is 0 Å². The van der Waals surface area contributed by atoms with Crippen LogP contribution in [0.4, 0.5) is 5.69 Å². The minimum Gasteiger partial charge on any atom is -0.492 e. The molecule has 6 nitrogen and oxygen atoms in total. The molecule has 7 heteroatoms. The first-order chi connectivity index (χ1) is 9.99. The summed E-state index contributed by atoms with van der Waals surface area (Å²) >= 11 is 5.79. The van der Waals surface area contributed by atoms with Gasteiger partial charge in [0.25, 0.3) is 5.91 Å². The lowest BCUT2D eigenvalue weighted by Crippen LogP contribution is -2.31. The van der Waals surface area contributed by atoms with Crippen LogP contribution in [-0.2, 0) is 0 Å². The number of halogens is 1. The number of anilines is 1. The van der Waals surface area contributed by atoms with E-state index in [9.17, 15) is 4.79 Å². The molecule has 21 heavy (non-hydrogen) atoms. The van der Waals surface area contributed by atoms with E-state index in [-0.39, 0.29) is 11.6 Å².